The maximum Gasteiger partial charge on any atom is 0.146 e. The van der Waals surface area contributed by atoms with Crippen molar-refractivity contribution in [1.29, 1.82) is 0 Å². The van der Waals surface area contributed by atoms with Crippen LogP contribution in [0, 0.1) is 13.8 Å². The molecule has 0 N–H and O–H groups in total. The first-order valence-electron chi connectivity index (χ1n) is 6.43. The number of carbonyl (C=O) groups excluding carboxylic acids is 1. The maximum absolute atomic E-state index is 11.9. The predicted octanol–water partition coefficient (Wildman–Crippen LogP) is 4.30. The first-order chi connectivity index (χ1) is 8.16. The van der Waals surface area contributed by atoms with E-state index in [1.54, 1.807) is 11.8 Å². The van der Waals surface area contributed by atoms with E-state index in [1.165, 1.54) is 28.9 Å². The van der Waals surface area contributed by atoms with Gasteiger partial charge in [0.1, 0.15) is 5.78 Å². The van der Waals surface area contributed by atoms with Gasteiger partial charge >= 0.3 is 0 Å². The minimum absolute atomic E-state index is 0.194. The number of aryl methyl sites for hydroxylation is 2. The van der Waals surface area contributed by atoms with Crippen molar-refractivity contribution in [1.82, 2.24) is 0 Å². The second-order valence-electron chi connectivity index (χ2n) is 4.92. The summed E-state index contributed by atoms with van der Waals surface area (Å²) >= 11 is 1.76. The second-order valence-corrected chi connectivity index (χ2v) is 6.19. The molecule has 0 heterocycles. The van der Waals surface area contributed by atoms with Crippen molar-refractivity contribution in [2.75, 3.05) is 0 Å². The smallest absolute Gasteiger partial charge is 0.146 e. The number of rotatable bonds is 2. The van der Waals surface area contributed by atoms with E-state index >= 15 is 0 Å². The largest absolute Gasteiger partial charge is 0.298 e. The summed E-state index contributed by atoms with van der Waals surface area (Å²) in [4.78, 5) is 13.2. The average Bonchev–Trinajstić information content (AvgIpc) is 2.50. The van der Waals surface area contributed by atoms with Gasteiger partial charge < -0.3 is 0 Å². The molecule has 92 valence electrons. The van der Waals surface area contributed by atoms with E-state index in [-0.39, 0.29) is 5.25 Å². The number of thioether (sulfide) groups is 1. The van der Waals surface area contributed by atoms with Crippen molar-refractivity contribution in [3.05, 3.63) is 29.3 Å². The number of benzene rings is 1. The summed E-state index contributed by atoms with van der Waals surface area (Å²) in [7, 11) is 0. The van der Waals surface area contributed by atoms with Crippen LogP contribution in [-0.2, 0) is 4.79 Å². The van der Waals surface area contributed by atoms with Gasteiger partial charge in [0.2, 0.25) is 0 Å². The fourth-order valence-electron chi connectivity index (χ4n) is 2.20. The van der Waals surface area contributed by atoms with Crippen molar-refractivity contribution in [3.8, 4) is 0 Å². The summed E-state index contributed by atoms with van der Waals surface area (Å²) < 4.78 is 0. The zero-order chi connectivity index (χ0) is 12.3. The molecule has 1 aliphatic carbocycles. The molecule has 0 amide bonds. The molecule has 1 fully saturated rings. The molecular formula is C15H20OS. The lowest BCUT2D eigenvalue weighted by Gasteiger charge is -2.13. The van der Waals surface area contributed by atoms with Crippen LogP contribution in [-0.4, -0.2) is 11.0 Å². The lowest BCUT2D eigenvalue weighted by atomic mass is 10.1. The Morgan fingerprint density at radius 3 is 2.71 bits per heavy atom. The summed E-state index contributed by atoms with van der Waals surface area (Å²) in [5.74, 6) is 0.450. The van der Waals surface area contributed by atoms with Crippen molar-refractivity contribution >= 4 is 17.5 Å². The SMILES string of the molecule is Cc1ccc(SC2CCCCCC2=O)cc1C. The van der Waals surface area contributed by atoms with Gasteiger partial charge in [-0.05, 0) is 49.9 Å². The van der Waals surface area contributed by atoms with Gasteiger partial charge in [-0.3, -0.25) is 4.79 Å². The Hall–Kier alpha value is -0.760. The third-order valence-electron chi connectivity index (χ3n) is 3.51. The minimum atomic E-state index is 0.194. The van der Waals surface area contributed by atoms with Crippen LogP contribution in [0.1, 0.15) is 43.2 Å². The zero-order valence-corrected chi connectivity index (χ0v) is 11.5. The highest BCUT2D eigenvalue weighted by molar-refractivity contribution is 8.00. The van der Waals surface area contributed by atoms with Crippen LogP contribution < -0.4 is 0 Å². The molecule has 0 aliphatic heterocycles. The Morgan fingerprint density at radius 1 is 1.12 bits per heavy atom. The number of hydrogen-bond acceptors (Lipinski definition) is 2. The molecular weight excluding hydrogens is 228 g/mol. The molecule has 0 radical (unpaired) electrons. The van der Waals surface area contributed by atoms with Gasteiger partial charge in [0.05, 0.1) is 5.25 Å². The first-order valence-corrected chi connectivity index (χ1v) is 7.31. The number of hydrogen-bond donors (Lipinski definition) is 0. The first kappa shape index (κ1) is 12.7. The Kier molecular flexibility index (Phi) is 4.27. The molecule has 1 saturated carbocycles. The number of ketones is 1. The molecule has 0 saturated heterocycles. The second kappa shape index (κ2) is 5.72. The molecule has 1 aromatic carbocycles. The van der Waals surface area contributed by atoms with E-state index in [2.05, 4.69) is 32.0 Å². The fourth-order valence-corrected chi connectivity index (χ4v) is 3.46. The maximum atomic E-state index is 11.9. The van der Waals surface area contributed by atoms with E-state index in [0.29, 0.717) is 5.78 Å². The highest BCUT2D eigenvalue weighted by Crippen LogP contribution is 2.31. The van der Waals surface area contributed by atoms with Crippen LogP contribution in [0.4, 0.5) is 0 Å². The molecule has 1 nitrogen and oxygen atoms in total. The summed E-state index contributed by atoms with van der Waals surface area (Å²) in [6.07, 6.45) is 5.34. The Labute approximate surface area is 108 Å². The van der Waals surface area contributed by atoms with Crippen LogP contribution in [0.5, 0.6) is 0 Å². The number of carbonyl (C=O) groups is 1. The highest BCUT2D eigenvalue weighted by atomic mass is 32.2. The summed E-state index contributed by atoms with van der Waals surface area (Å²) in [5.41, 5.74) is 2.64. The van der Waals surface area contributed by atoms with Crippen molar-refractivity contribution in [2.24, 2.45) is 0 Å². The molecule has 0 spiro atoms. The zero-order valence-electron chi connectivity index (χ0n) is 10.7. The molecule has 1 aromatic rings. The molecule has 2 rings (SSSR count). The molecule has 2 heteroatoms. The van der Waals surface area contributed by atoms with Gasteiger partial charge in [-0.15, -0.1) is 11.8 Å². The van der Waals surface area contributed by atoms with E-state index < -0.39 is 0 Å². The van der Waals surface area contributed by atoms with Crippen LogP contribution in [0.2, 0.25) is 0 Å². The van der Waals surface area contributed by atoms with Gasteiger partial charge in [0.25, 0.3) is 0 Å². The van der Waals surface area contributed by atoms with Crippen molar-refractivity contribution in [2.45, 2.75) is 56.1 Å². The van der Waals surface area contributed by atoms with Gasteiger partial charge in [-0.1, -0.05) is 18.9 Å². The van der Waals surface area contributed by atoms with Gasteiger partial charge in [0, 0.05) is 11.3 Å². The standard InChI is InChI=1S/C15H20OS/c1-11-8-9-13(10-12(11)2)17-15-7-5-3-4-6-14(15)16/h8-10,15H,3-7H2,1-2H3. The third kappa shape index (κ3) is 3.35. The lowest BCUT2D eigenvalue weighted by molar-refractivity contribution is -0.118. The van der Waals surface area contributed by atoms with E-state index in [4.69, 9.17) is 0 Å². The summed E-state index contributed by atoms with van der Waals surface area (Å²) in [5, 5.41) is 0.194. The Morgan fingerprint density at radius 2 is 1.94 bits per heavy atom. The third-order valence-corrected chi connectivity index (χ3v) is 4.81. The fraction of sp³-hybridized carbons (Fsp3) is 0.533. The Bertz CT molecular complexity index is 411. The monoisotopic (exact) mass is 248 g/mol. The highest BCUT2D eigenvalue weighted by Gasteiger charge is 2.21. The molecule has 1 aliphatic rings. The van der Waals surface area contributed by atoms with E-state index in [0.717, 1.165) is 19.3 Å². The van der Waals surface area contributed by atoms with Crippen LogP contribution in [0.25, 0.3) is 0 Å². The van der Waals surface area contributed by atoms with Crippen molar-refractivity contribution in [3.63, 3.8) is 0 Å². The molecule has 1 unspecified atom stereocenters. The number of Topliss-reactive ketones (excluding diaryl/α,β-unsaturated/α-hetero) is 1. The normalized spacial score (nSPS) is 21.3. The van der Waals surface area contributed by atoms with Crippen LogP contribution in [0.15, 0.2) is 23.1 Å². The topological polar surface area (TPSA) is 17.1 Å². The Balaban J connectivity index is 2.08. The van der Waals surface area contributed by atoms with Gasteiger partial charge in [-0.25, -0.2) is 0 Å². The predicted molar refractivity (Wildman–Crippen MR) is 73.7 cm³/mol. The van der Waals surface area contributed by atoms with E-state index in [1.807, 2.05) is 0 Å². The summed E-state index contributed by atoms with van der Waals surface area (Å²) in [6.45, 7) is 4.26. The quantitative estimate of drug-likeness (QED) is 0.726. The van der Waals surface area contributed by atoms with Gasteiger partial charge in [-0.2, -0.15) is 0 Å². The average molecular weight is 248 g/mol. The molecule has 17 heavy (non-hydrogen) atoms. The van der Waals surface area contributed by atoms with Crippen LogP contribution >= 0.6 is 11.8 Å². The minimum Gasteiger partial charge on any atom is -0.298 e. The van der Waals surface area contributed by atoms with E-state index in [9.17, 15) is 4.79 Å². The van der Waals surface area contributed by atoms with Crippen LogP contribution in [0.3, 0.4) is 0 Å². The molecule has 0 bridgehead atoms. The van der Waals surface area contributed by atoms with Crippen molar-refractivity contribution < 1.29 is 4.79 Å². The lowest BCUT2D eigenvalue weighted by Crippen LogP contribution is -2.14. The molecule has 0 aromatic heterocycles. The molecule has 1 atom stereocenters. The summed E-state index contributed by atoms with van der Waals surface area (Å²) in [6, 6.07) is 6.50. The van der Waals surface area contributed by atoms with Gasteiger partial charge in [0.15, 0.2) is 0 Å².